The Morgan fingerprint density at radius 2 is 1.89 bits per heavy atom. The van der Waals surface area contributed by atoms with Crippen LogP contribution in [0.5, 0.6) is 0 Å². The van der Waals surface area contributed by atoms with E-state index in [1.54, 1.807) is 0 Å². The van der Waals surface area contributed by atoms with Gasteiger partial charge < -0.3 is 0 Å². The first-order chi connectivity index (χ1) is 4.43. The molecule has 0 unspecified atom stereocenters. The van der Waals surface area contributed by atoms with Gasteiger partial charge in [0, 0.05) is 0 Å². The van der Waals surface area contributed by atoms with E-state index in [4.69, 9.17) is 5.53 Å². The van der Waals surface area contributed by atoms with E-state index in [0.717, 1.165) is 5.56 Å². The van der Waals surface area contributed by atoms with Gasteiger partial charge in [-0.2, -0.15) is 5.53 Å². The molecule has 0 saturated carbocycles. The van der Waals surface area contributed by atoms with Crippen LogP contribution in [0.1, 0.15) is 5.56 Å². The van der Waals surface area contributed by atoms with Gasteiger partial charge in [0.25, 0.3) is 0 Å². The van der Waals surface area contributed by atoms with Gasteiger partial charge in [-0.05, 0) is 10.7 Å². The van der Waals surface area contributed by atoms with E-state index in [-0.39, 0.29) is 0 Å². The van der Waals surface area contributed by atoms with Crippen LogP contribution in [-0.4, -0.2) is 0 Å². The van der Waals surface area contributed by atoms with Crippen LogP contribution in [-0.2, 0) is 6.54 Å². The van der Waals surface area contributed by atoms with Gasteiger partial charge in [-0.25, -0.2) is 0 Å². The van der Waals surface area contributed by atoms with Crippen LogP contribution in [0, 0.1) is 0 Å². The lowest BCUT2D eigenvalue weighted by molar-refractivity contribution is -0.223. The molecule has 0 aliphatic carbocycles. The molecule has 9 heavy (non-hydrogen) atoms. The monoisotopic (exact) mass is 121 g/mol. The summed E-state index contributed by atoms with van der Waals surface area (Å²) in [6.45, 7) is 0.612. The Morgan fingerprint density at radius 1 is 1.22 bits per heavy atom. The predicted molar refractivity (Wildman–Crippen MR) is 34.5 cm³/mol. The van der Waals surface area contributed by atoms with Gasteiger partial charge in [-0.3, -0.25) is 0 Å². The maximum absolute atomic E-state index is 4.99. The van der Waals surface area contributed by atoms with Crippen molar-refractivity contribution in [1.29, 1.82) is 0 Å². The molecule has 0 spiro atoms. The summed E-state index contributed by atoms with van der Waals surface area (Å²) in [5, 5.41) is 3.51. The minimum absolute atomic E-state index is 0.612. The van der Waals surface area contributed by atoms with Gasteiger partial charge in [0.05, 0.1) is 0 Å². The highest BCUT2D eigenvalue weighted by Gasteiger charge is 1.86. The molecule has 0 aromatic heterocycles. The molecule has 0 fully saturated rings. The van der Waals surface area contributed by atoms with Gasteiger partial charge in [0.2, 0.25) is 0 Å². The van der Waals surface area contributed by atoms with Crippen molar-refractivity contribution in [3.05, 3.63) is 35.9 Å². The van der Waals surface area contributed by atoms with Gasteiger partial charge in [0.1, 0.15) is 6.54 Å². The van der Waals surface area contributed by atoms with Crippen molar-refractivity contribution in [2.24, 2.45) is 5.11 Å². The largest absolute Gasteiger partial charge is 0.157 e. The smallest absolute Gasteiger partial charge is 0.126 e. The minimum Gasteiger partial charge on any atom is -0.157 e. The third kappa shape index (κ3) is 1.64. The molecule has 2 heteroatoms. The lowest BCUT2D eigenvalue weighted by Crippen LogP contribution is -2.23. The average molecular weight is 121 g/mol. The number of hydrogen-bond acceptors (Lipinski definition) is 1. The molecule has 1 aromatic carbocycles. The first kappa shape index (κ1) is 5.95. The summed E-state index contributed by atoms with van der Waals surface area (Å²) in [4.78, 5) is 0. The lowest BCUT2D eigenvalue weighted by atomic mass is 10.2. The third-order valence-corrected chi connectivity index (χ3v) is 1.12. The molecule has 0 aliphatic heterocycles. The van der Waals surface area contributed by atoms with E-state index < -0.39 is 0 Å². The Balaban J connectivity index is 2.72. The molecular weight excluding hydrogens is 112 g/mol. The van der Waals surface area contributed by atoms with Crippen LogP contribution in [0.15, 0.2) is 35.4 Å². The quantitative estimate of drug-likeness (QED) is 0.550. The molecule has 0 atom stereocenters. The summed E-state index contributed by atoms with van der Waals surface area (Å²) in [6.07, 6.45) is 0. The first-order valence-electron chi connectivity index (χ1n) is 2.84. The molecule has 0 radical (unpaired) electrons. The molecule has 0 amide bonds. The second kappa shape index (κ2) is 2.97. The molecule has 46 valence electrons. The Kier molecular flexibility index (Phi) is 1.96. The number of benzene rings is 1. The Labute approximate surface area is 54.0 Å². The summed E-state index contributed by atoms with van der Waals surface area (Å²) in [6, 6.07) is 9.91. The zero-order chi connectivity index (χ0) is 6.53. The minimum atomic E-state index is 0.612. The molecular formula is C7H9N2+. The van der Waals surface area contributed by atoms with Crippen molar-refractivity contribution in [2.75, 3.05) is 0 Å². The van der Waals surface area contributed by atoms with Gasteiger partial charge in [0.15, 0.2) is 0 Å². The molecule has 2 nitrogen and oxygen atoms in total. The SMILES string of the molecule is [NH2+]=NCc1ccccc1. The number of nitrogens with zero attached hydrogens (tertiary/aromatic N) is 1. The fourth-order valence-electron chi connectivity index (χ4n) is 0.689. The van der Waals surface area contributed by atoms with Gasteiger partial charge in [-0.1, -0.05) is 30.3 Å². The van der Waals surface area contributed by atoms with Crippen LogP contribution in [0.4, 0.5) is 0 Å². The summed E-state index contributed by atoms with van der Waals surface area (Å²) in [7, 11) is 0. The maximum atomic E-state index is 4.99. The lowest BCUT2D eigenvalue weighted by Gasteiger charge is -1.87. The number of hydrogen-bond donors (Lipinski definition) is 1. The second-order valence-electron chi connectivity index (χ2n) is 1.83. The van der Waals surface area contributed by atoms with Crippen molar-refractivity contribution < 1.29 is 5.53 Å². The standard InChI is InChI=1S/C7H8N2/c8-9-6-7-4-2-1-3-5-7/h1-5,8H,6H2/p+1. The van der Waals surface area contributed by atoms with Gasteiger partial charge in [-0.15, -0.1) is 0 Å². The van der Waals surface area contributed by atoms with Crippen molar-refractivity contribution in [1.82, 2.24) is 0 Å². The van der Waals surface area contributed by atoms with Crippen LogP contribution in [0.25, 0.3) is 0 Å². The van der Waals surface area contributed by atoms with E-state index in [1.807, 2.05) is 30.3 Å². The summed E-state index contributed by atoms with van der Waals surface area (Å²) < 4.78 is 0. The Hall–Kier alpha value is -1.18. The Bertz CT molecular complexity index is 181. The second-order valence-corrected chi connectivity index (χ2v) is 1.83. The average Bonchev–Trinajstić information content (AvgIpc) is 1.91. The molecule has 0 bridgehead atoms. The molecule has 1 aromatic rings. The highest BCUT2D eigenvalue weighted by atomic mass is 14.9. The van der Waals surface area contributed by atoms with Crippen molar-refractivity contribution in [3.8, 4) is 0 Å². The van der Waals surface area contributed by atoms with E-state index >= 15 is 0 Å². The number of nitrogens with two attached hydrogens (primary N) is 1. The summed E-state index contributed by atoms with van der Waals surface area (Å²) >= 11 is 0. The first-order valence-corrected chi connectivity index (χ1v) is 2.84. The molecule has 0 saturated heterocycles. The normalized spacial score (nSPS) is 8.89. The van der Waals surface area contributed by atoms with E-state index in [0.29, 0.717) is 6.54 Å². The predicted octanol–water partition coefficient (Wildman–Crippen LogP) is 0.398. The Morgan fingerprint density at radius 3 is 2.44 bits per heavy atom. The molecule has 0 aliphatic rings. The third-order valence-electron chi connectivity index (χ3n) is 1.12. The summed E-state index contributed by atoms with van der Waals surface area (Å²) in [5.41, 5.74) is 6.14. The fourth-order valence-corrected chi connectivity index (χ4v) is 0.689. The molecule has 0 heterocycles. The zero-order valence-electron chi connectivity index (χ0n) is 5.12. The van der Waals surface area contributed by atoms with Crippen molar-refractivity contribution in [3.63, 3.8) is 0 Å². The number of rotatable bonds is 2. The topological polar surface area (TPSA) is 38.0 Å². The maximum Gasteiger partial charge on any atom is 0.126 e. The van der Waals surface area contributed by atoms with E-state index in [2.05, 4.69) is 5.11 Å². The van der Waals surface area contributed by atoms with Crippen LogP contribution in [0.3, 0.4) is 0 Å². The van der Waals surface area contributed by atoms with Crippen LogP contribution in [0.2, 0.25) is 0 Å². The molecule has 1 rings (SSSR count). The van der Waals surface area contributed by atoms with E-state index in [1.165, 1.54) is 0 Å². The highest BCUT2D eigenvalue weighted by Crippen LogP contribution is 1.97. The fraction of sp³-hybridized carbons (Fsp3) is 0.143. The van der Waals surface area contributed by atoms with Gasteiger partial charge >= 0.3 is 0 Å². The van der Waals surface area contributed by atoms with E-state index in [9.17, 15) is 0 Å². The zero-order valence-corrected chi connectivity index (χ0v) is 5.12. The van der Waals surface area contributed by atoms with Crippen molar-refractivity contribution in [2.45, 2.75) is 6.54 Å². The summed E-state index contributed by atoms with van der Waals surface area (Å²) in [5.74, 6) is 0. The highest BCUT2D eigenvalue weighted by molar-refractivity contribution is 5.13. The molecule has 2 N–H and O–H groups in total. The van der Waals surface area contributed by atoms with Crippen LogP contribution < -0.4 is 5.53 Å². The van der Waals surface area contributed by atoms with Crippen molar-refractivity contribution >= 4 is 0 Å². The van der Waals surface area contributed by atoms with Crippen LogP contribution >= 0.6 is 0 Å².